The highest BCUT2D eigenvalue weighted by atomic mass is 19.1. The number of anilines is 1. The maximum Gasteiger partial charge on any atom is 0.131 e. The Labute approximate surface area is 124 Å². The van der Waals surface area contributed by atoms with Crippen molar-refractivity contribution in [1.82, 2.24) is 0 Å². The zero-order valence-electron chi connectivity index (χ0n) is 12.5. The number of benzene rings is 2. The van der Waals surface area contributed by atoms with Gasteiger partial charge in [-0.05, 0) is 44.2 Å². The molecule has 112 valence electrons. The summed E-state index contributed by atoms with van der Waals surface area (Å²) in [5.41, 5.74) is 1.51. The molecule has 21 heavy (non-hydrogen) atoms. The lowest BCUT2D eigenvalue weighted by molar-refractivity contribution is 0.242. The van der Waals surface area contributed by atoms with Gasteiger partial charge in [-0.25, -0.2) is 4.39 Å². The normalized spacial score (nSPS) is 10.5. The van der Waals surface area contributed by atoms with Crippen LogP contribution in [0.1, 0.15) is 19.4 Å². The van der Waals surface area contributed by atoms with Crippen molar-refractivity contribution in [3.05, 3.63) is 53.8 Å². The van der Waals surface area contributed by atoms with Gasteiger partial charge in [0.1, 0.15) is 17.3 Å². The Morgan fingerprint density at radius 3 is 2.29 bits per heavy atom. The van der Waals surface area contributed by atoms with Gasteiger partial charge in [0, 0.05) is 23.9 Å². The molecule has 0 saturated heterocycles. The number of halogens is 1. The second kappa shape index (κ2) is 6.97. The van der Waals surface area contributed by atoms with Crippen molar-refractivity contribution in [2.75, 3.05) is 12.4 Å². The van der Waals surface area contributed by atoms with Gasteiger partial charge in [0.05, 0.1) is 13.2 Å². The van der Waals surface area contributed by atoms with Crippen LogP contribution in [0.5, 0.6) is 11.5 Å². The highest BCUT2D eigenvalue weighted by Gasteiger charge is 2.04. The van der Waals surface area contributed by atoms with Crippen LogP contribution in [0.2, 0.25) is 0 Å². The smallest absolute Gasteiger partial charge is 0.131 e. The largest absolute Gasteiger partial charge is 0.497 e. The summed E-state index contributed by atoms with van der Waals surface area (Å²) in [5.74, 6) is 1.07. The van der Waals surface area contributed by atoms with Crippen LogP contribution in [0.4, 0.5) is 10.1 Å². The van der Waals surface area contributed by atoms with E-state index in [9.17, 15) is 4.39 Å². The topological polar surface area (TPSA) is 30.5 Å². The molecule has 0 fully saturated rings. The molecule has 0 amide bonds. The van der Waals surface area contributed by atoms with Gasteiger partial charge in [-0.1, -0.05) is 6.07 Å². The molecule has 0 bridgehead atoms. The van der Waals surface area contributed by atoms with E-state index in [2.05, 4.69) is 5.32 Å². The molecule has 2 aromatic carbocycles. The summed E-state index contributed by atoms with van der Waals surface area (Å²) in [4.78, 5) is 0. The van der Waals surface area contributed by atoms with Crippen LogP contribution in [0.25, 0.3) is 0 Å². The summed E-state index contributed by atoms with van der Waals surface area (Å²) in [6.07, 6.45) is 0.150. The van der Waals surface area contributed by atoms with Crippen molar-refractivity contribution in [2.24, 2.45) is 0 Å². The molecule has 0 spiro atoms. The fourth-order valence-electron chi connectivity index (χ4n) is 1.92. The average molecular weight is 289 g/mol. The van der Waals surface area contributed by atoms with Gasteiger partial charge in [0.25, 0.3) is 0 Å². The van der Waals surface area contributed by atoms with Crippen molar-refractivity contribution in [2.45, 2.75) is 26.5 Å². The van der Waals surface area contributed by atoms with E-state index in [1.165, 1.54) is 13.2 Å². The maximum atomic E-state index is 13.8. The molecule has 0 aliphatic heterocycles. The highest BCUT2D eigenvalue weighted by Crippen LogP contribution is 2.20. The standard InChI is InChI=1S/C17H20FNO2/c1-12(2)21-15-8-5-14(6-9-15)19-11-13-4-7-16(20-3)10-17(13)18/h4-10,12,19H,11H2,1-3H3. The van der Waals surface area contributed by atoms with Crippen molar-refractivity contribution in [3.63, 3.8) is 0 Å². The fourth-order valence-corrected chi connectivity index (χ4v) is 1.92. The minimum atomic E-state index is -0.276. The molecular formula is C17H20FNO2. The highest BCUT2D eigenvalue weighted by molar-refractivity contribution is 5.47. The van der Waals surface area contributed by atoms with Crippen molar-refractivity contribution in [1.29, 1.82) is 0 Å². The third-order valence-electron chi connectivity index (χ3n) is 2.97. The van der Waals surface area contributed by atoms with Gasteiger partial charge in [0.2, 0.25) is 0 Å². The first-order valence-corrected chi connectivity index (χ1v) is 6.91. The van der Waals surface area contributed by atoms with E-state index in [1.807, 2.05) is 38.1 Å². The van der Waals surface area contributed by atoms with Gasteiger partial charge >= 0.3 is 0 Å². The van der Waals surface area contributed by atoms with E-state index in [4.69, 9.17) is 9.47 Å². The maximum absolute atomic E-state index is 13.8. The molecule has 0 atom stereocenters. The van der Waals surface area contributed by atoms with Gasteiger partial charge in [-0.15, -0.1) is 0 Å². The second-order valence-corrected chi connectivity index (χ2v) is 5.00. The Bertz CT molecular complexity index is 582. The number of ether oxygens (including phenoxy) is 2. The lowest BCUT2D eigenvalue weighted by Gasteiger charge is -2.11. The number of nitrogens with one attached hydrogen (secondary N) is 1. The zero-order valence-corrected chi connectivity index (χ0v) is 12.5. The van der Waals surface area contributed by atoms with E-state index in [0.29, 0.717) is 17.9 Å². The molecule has 1 N–H and O–H groups in total. The van der Waals surface area contributed by atoms with E-state index < -0.39 is 0 Å². The van der Waals surface area contributed by atoms with E-state index in [1.54, 1.807) is 12.1 Å². The van der Waals surface area contributed by atoms with Crippen LogP contribution < -0.4 is 14.8 Å². The molecule has 4 heteroatoms. The molecule has 0 heterocycles. The molecule has 0 aliphatic carbocycles. The van der Waals surface area contributed by atoms with Gasteiger partial charge < -0.3 is 14.8 Å². The number of hydrogen-bond acceptors (Lipinski definition) is 3. The van der Waals surface area contributed by atoms with Crippen LogP contribution in [0, 0.1) is 5.82 Å². The SMILES string of the molecule is COc1ccc(CNc2ccc(OC(C)C)cc2)c(F)c1. The Morgan fingerprint density at radius 1 is 1.05 bits per heavy atom. The molecule has 0 aromatic heterocycles. The molecule has 2 aromatic rings. The van der Waals surface area contributed by atoms with Crippen LogP contribution in [-0.4, -0.2) is 13.2 Å². The molecule has 0 unspecified atom stereocenters. The summed E-state index contributed by atoms with van der Waals surface area (Å²) in [6, 6.07) is 12.5. The summed E-state index contributed by atoms with van der Waals surface area (Å²) in [5, 5.41) is 3.18. The third kappa shape index (κ3) is 4.38. The lowest BCUT2D eigenvalue weighted by atomic mass is 10.2. The first-order chi connectivity index (χ1) is 10.1. The van der Waals surface area contributed by atoms with Crippen molar-refractivity contribution in [3.8, 4) is 11.5 Å². The lowest BCUT2D eigenvalue weighted by Crippen LogP contribution is -2.05. The second-order valence-electron chi connectivity index (χ2n) is 5.00. The Hall–Kier alpha value is -2.23. The summed E-state index contributed by atoms with van der Waals surface area (Å²) < 4.78 is 24.4. The zero-order chi connectivity index (χ0) is 15.2. The molecule has 0 saturated carbocycles. The van der Waals surface area contributed by atoms with Crippen LogP contribution in [0.3, 0.4) is 0 Å². The molecule has 3 nitrogen and oxygen atoms in total. The summed E-state index contributed by atoms with van der Waals surface area (Å²) >= 11 is 0. The number of hydrogen-bond donors (Lipinski definition) is 1. The van der Waals surface area contributed by atoms with Gasteiger partial charge in [-0.3, -0.25) is 0 Å². The summed E-state index contributed by atoms with van der Waals surface area (Å²) in [7, 11) is 1.52. The van der Waals surface area contributed by atoms with Crippen LogP contribution in [-0.2, 0) is 6.54 Å². The monoisotopic (exact) mass is 289 g/mol. The minimum Gasteiger partial charge on any atom is -0.497 e. The van der Waals surface area contributed by atoms with Gasteiger partial charge in [-0.2, -0.15) is 0 Å². The number of methoxy groups -OCH3 is 1. The Balaban J connectivity index is 1.96. The predicted molar refractivity (Wildman–Crippen MR) is 82.5 cm³/mol. The van der Waals surface area contributed by atoms with E-state index in [0.717, 1.165) is 11.4 Å². The minimum absolute atomic E-state index is 0.150. The van der Waals surface area contributed by atoms with Crippen molar-refractivity contribution >= 4 is 5.69 Å². The molecule has 0 radical (unpaired) electrons. The quantitative estimate of drug-likeness (QED) is 0.863. The Kier molecular flexibility index (Phi) is 5.04. The first-order valence-electron chi connectivity index (χ1n) is 6.91. The van der Waals surface area contributed by atoms with Crippen LogP contribution >= 0.6 is 0 Å². The first kappa shape index (κ1) is 15.2. The molecule has 2 rings (SSSR count). The number of rotatable bonds is 6. The molecule has 0 aliphatic rings. The van der Waals surface area contributed by atoms with Gasteiger partial charge in [0.15, 0.2) is 0 Å². The van der Waals surface area contributed by atoms with Crippen LogP contribution in [0.15, 0.2) is 42.5 Å². The predicted octanol–water partition coefficient (Wildman–Crippen LogP) is 4.23. The van der Waals surface area contributed by atoms with E-state index >= 15 is 0 Å². The average Bonchev–Trinajstić information content (AvgIpc) is 2.47. The summed E-state index contributed by atoms with van der Waals surface area (Å²) in [6.45, 7) is 4.39. The van der Waals surface area contributed by atoms with E-state index in [-0.39, 0.29) is 11.9 Å². The molecular weight excluding hydrogens is 269 g/mol. The van der Waals surface area contributed by atoms with Crippen molar-refractivity contribution < 1.29 is 13.9 Å². The Morgan fingerprint density at radius 2 is 1.71 bits per heavy atom. The third-order valence-corrected chi connectivity index (χ3v) is 2.97. The fraction of sp³-hybridized carbons (Fsp3) is 0.294.